The van der Waals surface area contributed by atoms with Crippen molar-refractivity contribution in [2.45, 2.75) is 0 Å². The Morgan fingerprint density at radius 1 is 1.00 bits per heavy atom. The molecule has 0 aromatic heterocycles. The van der Waals surface area contributed by atoms with Crippen LogP contribution in [0.25, 0.3) is 6.08 Å². The van der Waals surface area contributed by atoms with Gasteiger partial charge in [-0.3, -0.25) is 15.0 Å². The van der Waals surface area contributed by atoms with E-state index in [1.54, 1.807) is 42.5 Å². The van der Waals surface area contributed by atoms with E-state index in [4.69, 9.17) is 31.2 Å². The van der Waals surface area contributed by atoms with E-state index >= 15 is 0 Å². The molecule has 1 aliphatic heterocycles. The molecule has 0 atom stereocenters. The Morgan fingerprint density at radius 2 is 1.61 bits per heavy atom. The van der Waals surface area contributed by atoms with Crippen LogP contribution >= 0.6 is 24.0 Å². The summed E-state index contributed by atoms with van der Waals surface area (Å²) in [4.78, 5) is 25.9. The third-order valence-corrected chi connectivity index (χ3v) is 5.65. The van der Waals surface area contributed by atoms with Crippen molar-refractivity contribution in [2.24, 2.45) is 0 Å². The average molecular weight is 461 g/mol. The summed E-state index contributed by atoms with van der Waals surface area (Å²) in [6.07, 6.45) is 1.64. The lowest BCUT2D eigenvalue weighted by atomic mass is 10.1. The number of nitrogens with one attached hydrogen (secondary N) is 1. The number of hydrogen-bond donors (Lipinski definition) is 1. The van der Waals surface area contributed by atoms with Crippen molar-refractivity contribution >= 4 is 46.2 Å². The molecule has 31 heavy (non-hydrogen) atoms. The quantitative estimate of drug-likeness (QED) is 0.498. The highest BCUT2D eigenvalue weighted by atomic mass is 32.2. The molecule has 1 aliphatic rings. The minimum atomic E-state index is -0.511. The first-order valence-electron chi connectivity index (χ1n) is 8.95. The second kappa shape index (κ2) is 9.71. The van der Waals surface area contributed by atoms with Crippen LogP contribution in [0.4, 0.5) is 0 Å². The lowest BCUT2D eigenvalue weighted by molar-refractivity contribution is -0.123. The van der Waals surface area contributed by atoms with Crippen LogP contribution in [-0.2, 0) is 4.79 Å². The van der Waals surface area contributed by atoms with E-state index in [1.165, 1.54) is 28.4 Å². The van der Waals surface area contributed by atoms with Crippen molar-refractivity contribution in [3.05, 3.63) is 52.4 Å². The van der Waals surface area contributed by atoms with Gasteiger partial charge in [-0.1, -0.05) is 23.9 Å². The number of thiocarbonyl (C=S) groups is 1. The molecule has 3 rings (SSSR count). The van der Waals surface area contributed by atoms with Gasteiger partial charge in [-0.15, -0.1) is 0 Å². The zero-order valence-corrected chi connectivity index (χ0v) is 18.9. The fourth-order valence-corrected chi connectivity index (χ4v) is 4.07. The van der Waals surface area contributed by atoms with Gasteiger partial charge in [-0.25, -0.2) is 0 Å². The van der Waals surface area contributed by atoms with Crippen LogP contribution < -0.4 is 24.4 Å². The van der Waals surface area contributed by atoms with Crippen LogP contribution in [0.15, 0.2) is 41.3 Å². The zero-order chi connectivity index (χ0) is 22.5. The third-order valence-electron chi connectivity index (χ3n) is 4.34. The third kappa shape index (κ3) is 4.59. The maximum atomic E-state index is 12.9. The first-order valence-corrected chi connectivity index (χ1v) is 10.2. The molecular weight excluding hydrogens is 440 g/mol. The molecule has 8 nitrogen and oxygen atoms in total. The SMILES string of the molecule is COc1ccccc1C(=O)NN1C(=O)C(=Cc2cc(OC)c(OC)c(OC)c2)SC1=S. The van der Waals surface area contributed by atoms with Crippen LogP contribution in [0.5, 0.6) is 23.0 Å². The summed E-state index contributed by atoms with van der Waals surface area (Å²) in [5.41, 5.74) is 3.47. The average Bonchev–Trinajstić information content (AvgIpc) is 3.05. The second-order valence-electron chi connectivity index (χ2n) is 6.12. The van der Waals surface area contributed by atoms with Gasteiger partial charge in [0, 0.05) is 0 Å². The van der Waals surface area contributed by atoms with Crippen molar-refractivity contribution in [2.75, 3.05) is 28.4 Å². The molecule has 2 amide bonds. The van der Waals surface area contributed by atoms with Crippen LogP contribution in [-0.4, -0.2) is 49.6 Å². The molecule has 1 N–H and O–H groups in total. The Labute approximate surface area is 189 Å². The van der Waals surface area contributed by atoms with E-state index in [0.29, 0.717) is 33.5 Å². The van der Waals surface area contributed by atoms with Gasteiger partial charge < -0.3 is 18.9 Å². The van der Waals surface area contributed by atoms with Crippen molar-refractivity contribution in [3.8, 4) is 23.0 Å². The predicted molar refractivity (Wildman–Crippen MR) is 122 cm³/mol. The van der Waals surface area contributed by atoms with E-state index in [-0.39, 0.29) is 9.88 Å². The Kier molecular flexibility index (Phi) is 7.03. The summed E-state index contributed by atoms with van der Waals surface area (Å²) >= 11 is 6.36. The van der Waals surface area contributed by atoms with Gasteiger partial charge in [0.1, 0.15) is 5.75 Å². The van der Waals surface area contributed by atoms with Crippen molar-refractivity contribution in [1.82, 2.24) is 10.4 Å². The number of ether oxygens (including phenoxy) is 4. The lowest BCUT2D eigenvalue weighted by Gasteiger charge is -2.16. The molecule has 10 heteroatoms. The molecule has 162 valence electrons. The van der Waals surface area contributed by atoms with Crippen LogP contribution in [0.3, 0.4) is 0 Å². The molecule has 2 aromatic carbocycles. The van der Waals surface area contributed by atoms with E-state index < -0.39 is 11.8 Å². The smallest absolute Gasteiger partial charge is 0.285 e. The Balaban J connectivity index is 1.86. The van der Waals surface area contributed by atoms with Gasteiger partial charge in [0.05, 0.1) is 38.9 Å². The molecular formula is C21H20N2O6S2. The molecule has 0 spiro atoms. The summed E-state index contributed by atoms with van der Waals surface area (Å²) in [6, 6.07) is 10.1. The molecule has 2 aromatic rings. The van der Waals surface area contributed by atoms with Crippen LogP contribution in [0, 0.1) is 0 Å². The number of hydrazine groups is 1. The van der Waals surface area contributed by atoms with Crippen LogP contribution in [0.2, 0.25) is 0 Å². The maximum absolute atomic E-state index is 12.9. The van der Waals surface area contributed by atoms with Gasteiger partial charge in [-0.2, -0.15) is 5.01 Å². The number of nitrogens with zero attached hydrogens (tertiary/aromatic N) is 1. The standard InChI is InChI=1S/C21H20N2O6S2/c1-26-14-8-6-5-7-13(14)19(24)22-23-20(25)17(31-21(23)30)11-12-9-15(27-2)18(29-4)16(10-12)28-3/h5-11H,1-4H3,(H,22,24). The Morgan fingerprint density at radius 3 is 2.19 bits per heavy atom. The fourth-order valence-electron chi connectivity index (χ4n) is 2.89. The number of carbonyl (C=O) groups is 2. The van der Waals surface area contributed by atoms with Gasteiger partial charge in [0.25, 0.3) is 11.8 Å². The Bertz CT molecular complexity index is 1040. The van der Waals surface area contributed by atoms with Gasteiger partial charge in [0.15, 0.2) is 15.8 Å². The van der Waals surface area contributed by atoms with Crippen LogP contribution in [0.1, 0.15) is 15.9 Å². The molecule has 1 saturated heterocycles. The normalized spacial score (nSPS) is 14.6. The highest BCUT2D eigenvalue weighted by molar-refractivity contribution is 8.26. The number of amides is 2. The first kappa shape index (κ1) is 22.4. The fraction of sp³-hybridized carbons (Fsp3) is 0.190. The topological polar surface area (TPSA) is 86.3 Å². The second-order valence-corrected chi connectivity index (χ2v) is 7.79. The minimum Gasteiger partial charge on any atom is -0.496 e. The molecule has 0 saturated carbocycles. The highest BCUT2D eigenvalue weighted by Gasteiger charge is 2.34. The minimum absolute atomic E-state index is 0.201. The van der Waals surface area contributed by atoms with Crippen molar-refractivity contribution < 1.29 is 28.5 Å². The number of benzene rings is 2. The summed E-state index contributed by atoms with van der Waals surface area (Å²) in [5, 5.41) is 1.04. The molecule has 0 bridgehead atoms. The Hall–Kier alpha value is -3.24. The number of para-hydroxylation sites is 1. The zero-order valence-electron chi connectivity index (χ0n) is 17.3. The monoisotopic (exact) mass is 460 g/mol. The van der Waals surface area contributed by atoms with E-state index in [1.807, 2.05) is 0 Å². The number of methoxy groups -OCH3 is 4. The van der Waals surface area contributed by atoms with E-state index in [9.17, 15) is 9.59 Å². The van der Waals surface area contributed by atoms with Gasteiger partial charge in [0.2, 0.25) is 5.75 Å². The molecule has 1 fully saturated rings. The summed E-state index contributed by atoms with van der Waals surface area (Å²) < 4.78 is 21.4. The number of rotatable bonds is 7. The number of hydrogen-bond acceptors (Lipinski definition) is 8. The summed E-state index contributed by atoms with van der Waals surface area (Å²) in [6.45, 7) is 0. The van der Waals surface area contributed by atoms with Gasteiger partial charge in [-0.05, 0) is 48.1 Å². The highest BCUT2D eigenvalue weighted by Crippen LogP contribution is 2.40. The van der Waals surface area contributed by atoms with Gasteiger partial charge >= 0.3 is 0 Å². The van der Waals surface area contributed by atoms with Crippen molar-refractivity contribution in [3.63, 3.8) is 0 Å². The van der Waals surface area contributed by atoms with E-state index in [0.717, 1.165) is 16.8 Å². The first-order chi connectivity index (χ1) is 14.9. The summed E-state index contributed by atoms with van der Waals surface area (Å²) in [5.74, 6) is 0.771. The number of thioether (sulfide) groups is 1. The number of carbonyl (C=O) groups excluding carboxylic acids is 2. The predicted octanol–water partition coefficient (Wildman–Crippen LogP) is 3.27. The van der Waals surface area contributed by atoms with Crippen molar-refractivity contribution in [1.29, 1.82) is 0 Å². The summed E-state index contributed by atoms with van der Waals surface area (Å²) in [7, 11) is 5.99. The maximum Gasteiger partial charge on any atom is 0.285 e. The molecule has 0 aliphatic carbocycles. The molecule has 0 radical (unpaired) electrons. The molecule has 1 heterocycles. The largest absolute Gasteiger partial charge is 0.496 e. The van der Waals surface area contributed by atoms with E-state index in [2.05, 4.69) is 5.43 Å². The molecule has 0 unspecified atom stereocenters. The lowest BCUT2D eigenvalue weighted by Crippen LogP contribution is -2.44.